The minimum atomic E-state index is -4.45. The third-order valence-corrected chi connectivity index (χ3v) is 6.39. The van der Waals surface area contributed by atoms with Crippen molar-refractivity contribution in [2.75, 3.05) is 18.6 Å². The summed E-state index contributed by atoms with van der Waals surface area (Å²) in [5, 5.41) is 0.317. The molecule has 0 radical (unpaired) electrons. The van der Waals surface area contributed by atoms with Gasteiger partial charge in [-0.25, -0.2) is 9.66 Å². The van der Waals surface area contributed by atoms with Gasteiger partial charge < -0.3 is 10.2 Å². The standard InChI is InChI=1S/C24H23F3N4O2S/c1-17-20(28-13-12-22(17)33-16-24(25,26)27)15-34(32)23-30-19-9-5-6-10-21(19)31(23)29-14-11-18-7-3-2-4-8-18/h2-10,12-13,29H,11,14-16H2,1H3. The lowest BCUT2D eigenvalue weighted by atomic mass is 10.2. The average Bonchev–Trinajstić information content (AvgIpc) is 3.18. The Hall–Kier alpha value is -3.40. The van der Waals surface area contributed by atoms with Crippen LogP contribution in [0.25, 0.3) is 11.0 Å². The smallest absolute Gasteiger partial charge is 0.422 e. The molecule has 4 aromatic rings. The molecule has 0 aliphatic heterocycles. The van der Waals surface area contributed by atoms with Crippen molar-refractivity contribution < 1.29 is 22.1 Å². The Balaban J connectivity index is 1.55. The van der Waals surface area contributed by atoms with Crippen LogP contribution < -0.4 is 10.2 Å². The summed E-state index contributed by atoms with van der Waals surface area (Å²) in [6.07, 6.45) is -2.33. The van der Waals surface area contributed by atoms with Gasteiger partial charge in [-0.15, -0.1) is 0 Å². The van der Waals surface area contributed by atoms with Crippen LogP contribution in [0.2, 0.25) is 0 Å². The van der Waals surface area contributed by atoms with Gasteiger partial charge in [0.1, 0.15) is 5.75 Å². The van der Waals surface area contributed by atoms with Crippen LogP contribution >= 0.6 is 0 Å². The number of halogens is 3. The summed E-state index contributed by atoms with van der Waals surface area (Å²) >= 11 is 0. The minimum absolute atomic E-state index is 0.0151. The van der Waals surface area contributed by atoms with Crippen molar-refractivity contribution in [3.05, 3.63) is 83.7 Å². The summed E-state index contributed by atoms with van der Waals surface area (Å²) in [5.41, 5.74) is 6.74. The highest BCUT2D eigenvalue weighted by Gasteiger charge is 2.29. The summed E-state index contributed by atoms with van der Waals surface area (Å²) in [7, 11) is -1.62. The largest absolute Gasteiger partial charge is 0.484 e. The number of rotatable bonds is 9. The van der Waals surface area contributed by atoms with E-state index in [1.807, 2.05) is 54.6 Å². The first-order chi connectivity index (χ1) is 16.3. The maximum Gasteiger partial charge on any atom is 0.422 e. The molecule has 2 aromatic heterocycles. The second kappa shape index (κ2) is 10.3. The average molecular weight is 489 g/mol. The molecule has 0 bridgehead atoms. The zero-order valence-corrected chi connectivity index (χ0v) is 19.2. The van der Waals surface area contributed by atoms with E-state index in [-0.39, 0.29) is 11.5 Å². The van der Waals surface area contributed by atoms with Crippen LogP contribution in [0.3, 0.4) is 0 Å². The molecule has 1 atom stereocenters. The Morgan fingerprint density at radius 2 is 1.79 bits per heavy atom. The first kappa shape index (κ1) is 23.7. The SMILES string of the molecule is Cc1c(OCC(F)(F)F)ccnc1CS(=O)c1nc2ccccc2n1NCCc1ccccc1. The van der Waals surface area contributed by atoms with Crippen molar-refractivity contribution in [2.24, 2.45) is 0 Å². The van der Waals surface area contributed by atoms with Crippen molar-refractivity contribution >= 4 is 21.8 Å². The van der Waals surface area contributed by atoms with Gasteiger partial charge in [-0.05, 0) is 37.1 Å². The number of pyridine rings is 1. The van der Waals surface area contributed by atoms with E-state index in [1.165, 1.54) is 12.3 Å². The summed E-state index contributed by atoms with van der Waals surface area (Å²) in [4.78, 5) is 8.77. The van der Waals surface area contributed by atoms with E-state index in [0.29, 0.717) is 28.5 Å². The fraction of sp³-hybridized carbons (Fsp3) is 0.250. The van der Waals surface area contributed by atoms with Crippen LogP contribution in [-0.2, 0) is 23.0 Å². The minimum Gasteiger partial charge on any atom is -0.484 e. The van der Waals surface area contributed by atoms with Crippen LogP contribution in [0, 0.1) is 6.92 Å². The Bertz CT molecular complexity index is 1290. The van der Waals surface area contributed by atoms with Crippen LogP contribution in [0.5, 0.6) is 5.75 Å². The van der Waals surface area contributed by atoms with E-state index >= 15 is 0 Å². The number of hydrogen-bond acceptors (Lipinski definition) is 5. The van der Waals surface area contributed by atoms with E-state index in [2.05, 4.69) is 15.4 Å². The molecule has 0 aliphatic rings. The lowest BCUT2D eigenvalue weighted by molar-refractivity contribution is -0.153. The molecule has 178 valence electrons. The van der Waals surface area contributed by atoms with Gasteiger partial charge in [-0.1, -0.05) is 42.5 Å². The van der Waals surface area contributed by atoms with Crippen LogP contribution in [0.1, 0.15) is 16.8 Å². The summed E-state index contributed by atoms with van der Waals surface area (Å²) in [6.45, 7) is 0.792. The van der Waals surface area contributed by atoms with Crippen molar-refractivity contribution in [1.82, 2.24) is 14.6 Å². The highest BCUT2D eigenvalue weighted by atomic mass is 32.2. The zero-order chi connectivity index (χ0) is 24.1. The Morgan fingerprint density at radius 1 is 1.06 bits per heavy atom. The lowest BCUT2D eigenvalue weighted by Crippen LogP contribution is -2.21. The van der Waals surface area contributed by atoms with Gasteiger partial charge in [-0.2, -0.15) is 13.2 Å². The molecule has 2 heterocycles. The maximum absolute atomic E-state index is 13.3. The monoisotopic (exact) mass is 488 g/mol. The lowest BCUT2D eigenvalue weighted by Gasteiger charge is -2.14. The van der Waals surface area contributed by atoms with E-state index in [9.17, 15) is 17.4 Å². The van der Waals surface area contributed by atoms with Gasteiger partial charge in [-0.3, -0.25) is 9.19 Å². The number of alkyl halides is 3. The number of para-hydroxylation sites is 2. The number of aromatic nitrogens is 3. The molecular weight excluding hydrogens is 465 g/mol. The highest BCUT2D eigenvalue weighted by Crippen LogP contribution is 2.25. The van der Waals surface area contributed by atoms with Crippen molar-refractivity contribution in [2.45, 2.75) is 30.4 Å². The first-order valence-electron chi connectivity index (χ1n) is 10.6. The molecule has 2 aromatic carbocycles. The molecule has 0 aliphatic carbocycles. The van der Waals surface area contributed by atoms with Gasteiger partial charge in [0.05, 0.1) is 33.3 Å². The number of fused-ring (bicyclic) bond motifs is 1. The van der Waals surface area contributed by atoms with E-state index in [0.717, 1.165) is 17.5 Å². The van der Waals surface area contributed by atoms with Crippen LogP contribution in [0.4, 0.5) is 13.2 Å². The zero-order valence-electron chi connectivity index (χ0n) is 18.4. The number of ether oxygens (including phenoxy) is 1. The second-order valence-electron chi connectivity index (χ2n) is 7.64. The number of nitrogens with one attached hydrogen (secondary N) is 1. The van der Waals surface area contributed by atoms with Crippen molar-refractivity contribution in [1.29, 1.82) is 0 Å². The Kier molecular flexibility index (Phi) is 7.16. The van der Waals surface area contributed by atoms with Crippen molar-refractivity contribution in [3.8, 4) is 5.75 Å². The first-order valence-corrected chi connectivity index (χ1v) is 11.9. The molecule has 10 heteroatoms. The fourth-order valence-electron chi connectivity index (χ4n) is 3.48. The molecule has 0 amide bonds. The fourth-order valence-corrected chi connectivity index (χ4v) is 4.71. The summed E-state index contributed by atoms with van der Waals surface area (Å²) < 4.78 is 57.6. The molecule has 0 saturated heterocycles. The Labute approximate surface area is 197 Å². The molecule has 0 fully saturated rings. The van der Waals surface area contributed by atoms with E-state index < -0.39 is 23.6 Å². The normalized spacial score (nSPS) is 12.6. The number of benzene rings is 2. The third kappa shape index (κ3) is 5.74. The van der Waals surface area contributed by atoms with Crippen LogP contribution in [0.15, 0.2) is 72.0 Å². The predicted octanol–water partition coefficient (Wildman–Crippen LogP) is 4.77. The molecular formula is C24H23F3N4O2S. The second-order valence-corrected chi connectivity index (χ2v) is 8.98. The van der Waals surface area contributed by atoms with Gasteiger partial charge in [0.15, 0.2) is 6.61 Å². The van der Waals surface area contributed by atoms with Crippen LogP contribution in [-0.4, -0.2) is 38.2 Å². The van der Waals surface area contributed by atoms with E-state index in [4.69, 9.17) is 4.74 Å². The predicted molar refractivity (Wildman–Crippen MR) is 125 cm³/mol. The topological polar surface area (TPSA) is 69.0 Å². The molecule has 0 saturated carbocycles. The molecule has 4 rings (SSSR count). The summed E-state index contributed by atoms with van der Waals surface area (Å²) in [5.74, 6) is 0.0486. The summed E-state index contributed by atoms with van der Waals surface area (Å²) in [6, 6.07) is 18.8. The number of imidazole rings is 1. The van der Waals surface area contributed by atoms with Gasteiger partial charge in [0.2, 0.25) is 5.16 Å². The molecule has 1 unspecified atom stereocenters. The van der Waals surface area contributed by atoms with Gasteiger partial charge in [0, 0.05) is 18.3 Å². The number of nitrogens with zero attached hydrogens (tertiary/aromatic N) is 3. The molecule has 1 N–H and O–H groups in total. The van der Waals surface area contributed by atoms with Gasteiger partial charge in [0.25, 0.3) is 0 Å². The Morgan fingerprint density at radius 3 is 2.56 bits per heavy atom. The maximum atomic E-state index is 13.3. The molecule has 6 nitrogen and oxygen atoms in total. The highest BCUT2D eigenvalue weighted by molar-refractivity contribution is 7.84. The van der Waals surface area contributed by atoms with Gasteiger partial charge >= 0.3 is 6.18 Å². The molecule has 34 heavy (non-hydrogen) atoms. The number of hydrogen-bond donors (Lipinski definition) is 1. The quantitative estimate of drug-likeness (QED) is 0.367. The third-order valence-electron chi connectivity index (χ3n) is 5.18. The molecule has 0 spiro atoms. The van der Waals surface area contributed by atoms with E-state index in [1.54, 1.807) is 11.6 Å². The van der Waals surface area contributed by atoms with Crippen molar-refractivity contribution in [3.63, 3.8) is 0 Å².